The van der Waals surface area contributed by atoms with Crippen LogP contribution in [0.25, 0.3) is 10.9 Å². The van der Waals surface area contributed by atoms with Gasteiger partial charge in [0.2, 0.25) is 0 Å². The van der Waals surface area contributed by atoms with Crippen LogP contribution in [0.15, 0.2) is 42.9 Å². The number of aliphatic hydroxyl groups is 1. The van der Waals surface area contributed by atoms with Gasteiger partial charge in [0.25, 0.3) is 5.91 Å². The van der Waals surface area contributed by atoms with Crippen LogP contribution in [0, 0.1) is 0 Å². The van der Waals surface area contributed by atoms with Crippen LogP contribution in [0.2, 0.25) is 0 Å². The van der Waals surface area contributed by atoms with Crippen molar-refractivity contribution in [3.8, 4) is 0 Å². The van der Waals surface area contributed by atoms with E-state index in [2.05, 4.69) is 15.3 Å². The van der Waals surface area contributed by atoms with Crippen LogP contribution in [0.5, 0.6) is 0 Å². The molecule has 7 heteroatoms. The molecule has 0 aliphatic carbocycles. The molecule has 0 radical (unpaired) electrons. The number of nitrogens with zero attached hydrogens (tertiary/aromatic N) is 4. The number of benzene rings is 1. The fourth-order valence-corrected chi connectivity index (χ4v) is 3.22. The van der Waals surface area contributed by atoms with Gasteiger partial charge in [-0.1, -0.05) is 11.3 Å². The van der Waals surface area contributed by atoms with Crippen LogP contribution in [0.4, 0.5) is 0 Å². The summed E-state index contributed by atoms with van der Waals surface area (Å²) in [5.74, 6) is -0.0512. The van der Waals surface area contributed by atoms with Crippen LogP contribution in [-0.4, -0.2) is 54.6 Å². The van der Waals surface area contributed by atoms with E-state index in [1.807, 2.05) is 30.5 Å². The van der Waals surface area contributed by atoms with Crippen molar-refractivity contribution in [1.29, 1.82) is 0 Å². The van der Waals surface area contributed by atoms with E-state index in [0.29, 0.717) is 31.6 Å². The van der Waals surface area contributed by atoms with Gasteiger partial charge in [0.05, 0.1) is 19.3 Å². The van der Waals surface area contributed by atoms with Crippen molar-refractivity contribution in [2.45, 2.75) is 18.6 Å². The van der Waals surface area contributed by atoms with E-state index in [9.17, 15) is 9.90 Å². The summed E-state index contributed by atoms with van der Waals surface area (Å²) in [4.78, 5) is 17.6. The summed E-state index contributed by atoms with van der Waals surface area (Å²) in [5.41, 5.74) is 0.636. The van der Waals surface area contributed by atoms with E-state index in [0.717, 1.165) is 10.9 Å². The predicted octanol–water partition coefficient (Wildman–Crippen LogP) is 1.04. The highest BCUT2D eigenvalue weighted by atomic mass is 16.3. The minimum absolute atomic E-state index is 0.0512. The molecule has 0 saturated carbocycles. The Hall–Kier alpha value is -2.67. The summed E-state index contributed by atoms with van der Waals surface area (Å²) >= 11 is 0. The quantitative estimate of drug-likeness (QED) is 0.756. The monoisotopic (exact) mass is 311 g/mol. The number of amides is 1. The highest BCUT2D eigenvalue weighted by Gasteiger charge is 2.39. The number of aromatic amines is 1. The lowest BCUT2D eigenvalue weighted by atomic mass is 10.0. The third-order valence-corrected chi connectivity index (χ3v) is 4.37. The smallest absolute Gasteiger partial charge is 0.254 e. The summed E-state index contributed by atoms with van der Waals surface area (Å²) in [6.07, 6.45) is 5.64. The summed E-state index contributed by atoms with van der Waals surface area (Å²) in [7, 11) is 0. The van der Waals surface area contributed by atoms with Crippen LogP contribution < -0.4 is 0 Å². The Morgan fingerprint density at radius 3 is 3.13 bits per heavy atom. The molecule has 23 heavy (non-hydrogen) atoms. The first kappa shape index (κ1) is 14.0. The lowest BCUT2D eigenvalue weighted by Crippen LogP contribution is -2.39. The number of β-amino-alcohol motifs (C(OH)–C–C–N with tert-alkyl or cyclic N) is 1. The molecule has 118 valence electrons. The van der Waals surface area contributed by atoms with E-state index in [-0.39, 0.29) is 5.91 Å². The lowest BCUT2D eigenvalue weighted by Gasteiger charge is -2.23. The average Bonchev–Trinajstić information content (AvgIpc) is 3.27. The van der Waals surface area contributed by atoms with Crippen molar-refractivity contribution in [2.75, 3.05) is 13.1 Å². The zero-order chi connectivity index (χ0) is 15.9. The average molecular weight is 311 g/mol. The molecule has 7 nitrogen and oxygen atoms in total. The molecule has 1 unspecified atom stereocenters. The first-order valence-corrected chi connectivity index (χ1v) is 7.57. The molecular weight excluding hydrogens is 294 g/mol. The molecule has 1 aromatic carbocycles. The molecule has 3 heterocycles. The number of carbonyl (C=O) groups is 1. The minimum atomic E-state index is -0.963. The van der Waals surface area contributed by atoms with Gasteiger partial charge in [-0.15, -0.1) is 5.10 Å². The van der Waals surface area contributed by atoms with Crippen molar-refractivity contribution in [1.82, 2.24) is 24.9 Å². The summed E-state index contributed by atoms with van der Waals surface area (Å²) in [6.45, 7) is 1.17. The summed E-state index contributed by atoms with van der Waals surface area (Å²) in [6, 6.07) is 7.54. The third-order valence-electron chi connectivity index (χ3n) is 4.37. The van der Waals surface area contributed by atoms with Gasteiger partial charge in [-0.3, -0.25) is 4.79 Å². The minimum Gasteiger partial charge on any atom is -0.386 e. The summed E-state index contributed by atoms with van der Waals surface area (Å²) in [5, 5.41) is 19.2. The first-order chi connectivity index (χ1) is 11.1. The number of nitrogens with one attached hydrogen (secondary N) is 1. The zero-order valence-corrected chi connectivity index (χ0v) is 12.5. The highest BCUT2D eigenvalue weighted by molar-refractivity contribution is 6.06. The fraction of sp³-hybridized carbons (Fsp3) is 0.312. The second-order valence-corrected chi connectivity index (χ2v) is 6.05. The number of carbonyl (C=O) groups excluding carboxylic acids is 1. The van der Waals surface area contributed by atoms with Gasteiger partial charge in [0, 0.05) is 35.4 Å². The molecule has 2 aromatic heterocycles. The Kier molecular flexibility index (Phi) is 3.16. The summed E-state index contributed by atoms with van der Waals surface area (Å²) < 4.78 is 1.60. The Balaban J connectivity index is 1.55. The van der Waals surface area contributed by atoms with Crippen molar-refractivity contribution in [3.05, 3.63) is 48.4 Å². The Labute approximate surface area is 132 Å². The molecule has 1 aliphatic heterocycles. The standard InChI is InChI=1S/C16H17N5O2/c22-15(13-2-1-3-14-12(13)4-6-17-14)20-8-5-16(23,10-20)11-21-9-7-18-19-21/h1-4,6-7,9,17,23H,5,8,10-11H2. The maximum atomic E-state index is 12.8. The van der Waals surface area contributed by atoms with Crippen molar-refractivity contribution >= 4 is 16.8 Å². The molecule has 4 rings (SSSR count). The van der Waals surface area contributed by atoms with Crippen LogP contribution in [-0.2, 0) is 6.54 Å². The topological polar surface area (TPSA) is 87.0 Å². The molecule has 0 spiro atoms. The predicted molar refractivity (Wildman–Crippen MR) is 83.8 cm³/mol. The van der Waals surface area contributed by atoms with E-state index < -0.39 is 5.60 Å². The van der Waals surface area contributed by atoms with Gasteiger partial charge in [0.1, 0.15) is 5.60 Å². The van der Waals surface area contributed by atoms with Gasteiger partial charge in [0.15, 0.2) is 0 Å². The van der Waals surface area contributed by atoms with E-state index in [1.165, 1.54) is 0 Å². The number of likely N-dealkylation sites (tertiary alicyclic amines) is 1. The number of hydrogen-bond acceptors (Lipinski definition) is 4. The molecule has 3 aromatic rings. The fourth-order valence-electron chi connectivity index (χ4n) is 3.22. The van der Waals surface area contributed by atoms with Gasteiger partial charge >= 0.3 is 0 Å². The first-order valence-electron chi connectivity index (χ1n) is 7.57. The number of hydrogen-bond donors (Lipinski definition) is 2. The van der Waals surface area contributed by atoms with Crippen LogP contribution in [0.1, 0.15) is 16.8 Å². The number of rotatable bonds is 3. The maximum Gasteiger partial charge on any atom is 0.254 e. The van der Waals surface area contributed by atoms with Gasteiger partial charge in [-0.2, -0.15) is 0 Å². The molecule has 1 amide bonds. The van der Waals surface area contributed by atoms with Gasteiger partial charge < -0.3 is 15.0 Å². The number of H-pyrrole nitrogens is 1. The molecule has 2 N–H and O–H groups in total. The highest BCUT2D eigenvalue weighted by Crippen LogP contribution is 2.26. The van der Waals surface area contributed by atoms with Crippen molar-refractivity contribution < 1.29 is 9.90 Å². The molecular formula is C16H17N5O2. The molecule has 1 fully saturated rings. The van der Waals surface area contributed by atoms with Crippen LogP contribution >= 0.6 is 0 Å². The van der Waals surface area contributed by atoms with E-state index in [1.54, 1.807) is 22.0 Å². The molecule has 1 aliphatic rings. The normalized spacial score (nSPS) is 21.2. The molecule has 1 saturated heterocycles. The van der Waals surface area contributed by atoms with Gasteiger partial charge in [-0.05, 0) is 24.6 Å². The third kappa shape index (κ3) is 2.49. The van der Waals surface area contributed by atoms with Crippen molar-refractivity contribution in [2.24, 2.45) is 0 Å². The zero-order valence-electron chi connectivity index (χ0n) is 12.5. The van der Waals surface area contributed by atoms with Crippen LogP contribution in [0.3, 0.4) is 0 Å². The Morgan fingerprint density at radius 2 is 2.30 bits per heavy atom. The molecule has 0 bridgehead atoms. The Morgan fingerprint density at radius 1 is 1.39 bits per heavy atom. The van der Waals surface area contributed by atoms with Crippen molar-refractivity contribution in [3.63, 3.8) is 0 Å². The second kappa shape index (κ2) is 5.20. The van der Waals surface area contributed by atoms with E-state index >= 15 is 0 Å². The number of aromatic nitrogens is 4. The SMILES string of the molecule is O=C(c1cccc2[nH]ccc12)N1CCC(O)(Cn2ccnn2)C1. The molecule has 1 atom stereocenters. The number of fused-ring (bicyclic) bond motifs is 1. The Bertz CT molecular complexity index is 841. The van der Waals surface area contributed by atoms with E-state index in [4.69, 9.17) is 0 Å². The van der Waals surface area contributed by atoms with Gasteiger partial charge in [-0.25, -0.2) is 4.68 Å². The maximum absolute atomic E-state index is 12.8. The lowest BCUT2D eigenvalue weighted by molar-refractivity contribution is 0.0267. The largest absolute Gasteiger partial charge is 0.386 e. The second-order valence-electron chi connectivity index (χ2n) is 6.05.